The Bertz CT molecular complexity index is 706. The Hall–Kier alpha value is -2.13. The number of rotatable bonds is 4. The predicted molar refractivity (Wildman–Crippen MR) is 76.9 cm³/mol. The van der Waals surface area contributed by atoms with Crippen LogP contribution in [0.25, 0.3) is 11.0 Å². The Morgan fingerprint density at radius 2 is 2.35 bits per heavy atom. The normalized spacial score (nSPS) is 19.4. The summed E-state index contributed by atoms with van der Waals surface area (Å²) in [6.45, 7) is 0.106. The number of imidazole rings is 1. The number of fused-ring (bicyclic) bond motifs is 1. The summed E-state index contributed by atoms with van der Waals surface area (Å²) in [5.41, 5.74) is 0.927. The zero-order chi connectivity index (χ0) is 16.4. The number of nitrogens with zero attached hydrogens (tertiary/aromatic N) is 2. The molecule has 23 heavy (non-hydrogen) atoms. The molecule has 1 aromatic carbocycles. The van der Waals surface area contributed by atoms with Gasteiger partial charge in [-0.3, -0.25) is 15.0 Å². The van der Waals surface area contributed by atoms with Crippen LogP contribution in [0.4, 0.5) is 19.1 Å². The fourth-order valence-electron chi connectivity index (χ4n) is 2.52. The number of H-pyrrole nitrogens is 1. The van der Waals surface area contributed by atoms with Gasteiger partial charge in [0, 0.05) is 6.54 Å². The molecule has 2 aromatic rings. The molecule has 1 aliphatic rings. The van der Waals surface area contributed by atoms with Gasteiger partial charge in [-0.15, -0.1) is 0 Å². The van der Waals surface area contributed by atoms with E-state index in [4.69, 9.17) is 4.74 Å². The zero-order valence-corrected chi connectivity index (χ0v) is 12.1. The average Bonchev–Trinajstić information content (AvgIpc) is 2.88. The van der Waals surface area contributed by atoms with Crippen LogP contribution < -0.4 is 5.32 Å². The Morgan fingerprint density at radius 1 is 1.52 bits per heavy atom. The van der Waals surface area contributed by atoms with Gasteiger partial charge in [0.05, 0.1) is 30.8 Å². The molecule has 3 rings (SSSR count). The number of ether oxygens (including phenoxy) is 1. The molecule has 0 saturated carbocycles. The largest absolute Gasteiger partial charge is 0.378 e. The van der Waals surface area contributed by atoms with E-state index < -0.39 is 30.7 Å². The molecule has 0 radical (unpaired) electrons. The summed E-state index contributed by atoms with van der Waals surface area (Å²) in [4.78, 5) is 20.6. The van der Waals surface area contributed by atoms with Crippen LogP contribution in [0.1, 0.15) is 0 Å². The minimum Gasteiger partial charge on any atom is -0.378 e. The summed E-state index contributed by atoms with van der Waals surface area (Å²) >= 11 is 0. The van der Waals surface area contributed by atoms with Gasteiger partial charge in [-0.05, 0) is 18.2 Å². The number of halogens is 3. The van der Waals surface area contributed by atoms with Crippen LogP contribution in [-0.2, 0) is 9.53 Å². The minimum absolute atomic E-state index is 0.0351. The van der Waals surface area contributed by atoms with Crippen molar-refractivity contribution < 1.29 is 22.7 Å². The maximum Gasteiger partial charge on any atom is 0.251 e. The van der Waals surface area contributed by atoms with E-state index in [0.29, 0.717) is 17.6 Å². The standard InChI is InChI=1S/C14H15F3N4O2/c15-8-1-2-9-10(5-8)19-14(18-9)20-13(22)11-7-23-4-3-21(11)6-12(16)17/h1-2,5,11-12H,3-4,6-7H2,(H2,18,19,20,22). The third-order valence-corrected chi connectivity index (χ3v) is 3.60. The number of nitrogens with one attached hydrogen (secondary N) is 2. The lowest BCUT2D eigenvalue weighted by atomic mass is 10.2. The lowest BCUT2D eigenvalue weighted by Crippen LogP contribution is -2.53. The first-order chi connectivity index (χ1) is 11.0. The van der Waals surface area contributed by atoms with Crippen molar-refractivity contribution in [2.75, 3.05) is 31.6 Å². The quantitative estimate of drug-likeness (QED) is 0.894. The number of hydrogen-bond acceptors (Lipinski definition) is 4. The van der Waals surface area contributed by atoms with Crippen molar-refractivity contribution in [1.29, 1.82) is 0 Å². The molecule has 1 unspecified atom stereocenters. The van der Waals surface area contributed by atoms with Crippen LogP contribution in [0.3, 0.4) is 0 Å². The van der Waals surface area contributed by atoms with Gasteiger partial charge in [0.2, 0.25) is 11.9 Å². The molecule has 124 valence electrons. The van der Waals surface area contributed by atoms with E-state index >= 15 is 0 Å². The second kappa shape index (κ2) is 6.55. The van der Waals surface area contributed by atoms with E-state index in [-0.39, 0.29) is 19.1 Å². The van der Waals surface area contributed by atoms with Gasteiger partial charge in [0.25, 0.3) is 6.43 Å². The number of morpholine rings is 1. The number of aromatic amines is 1. The lowest BCUT2D eigenvalue weighted by molar-refractivity contribution is -0.128. The van der Waals surface area contributed by atoms with Crippen LogP contribution in [-0.4, -0.2) is 59.5 Å². The number of alkyl halides is 2. The molecule has 0 bridgehead atoms. The first kappa shape index (κ1) is 15.8. The molecule has 1 amide bonds. The summed E-state index contributed by atoms with van der Waals surface area (Å²) in [6.07, 6.45) is -2.53. The van der Waals surface area contributed by atoms with E-state index in [1.807, 2.05) is 0 Å². The number of hydrogen-bond donors (Lipinski definition) is 2. The van der Waals surface area contributed by atoms with Gasteiger partial charge in [0.1, 0.15) is 11.9 Å². The molecular weight excluding hydrogens is 313 g/mol. The molecule has 6 nitrogen and oxygen atoms in total. The SMILES string of the molecule is O=C(Nc1nc2ccc(F)cc2[nH]1)C1COCCN1CC(F)F. The van der Waals surface area contributed by atoms with Crippen LogP contribution in [0.15, 0.2) is 18.2 Å². The Kier molecular flexibility index (Phi) is 4.49. The molecule has 9 heteroatoms. The summed E-state index contributed by atoms with van der Waals surface area (Å²) in [6, 6.07) is 3.17. The van der Waals surface area contributed by atoms with Crippen molar-refractivity contribution in [3.05, 3.63) is 24.0 Å². The monoisotopic (exact) mass is 328 g/mol. The molecule has 1 fully saturated rings. The van der Waals surface area contributed by atoms with Crippen molar-refractivity contribution in [3.63, 3.8) is 0 Å². The molecule has 1 aliphatic heterocycles. The molecule has 2 heterocycles. The van der Waals surface area contributed by atoms with Gasteiger partial charge < -0.3 is 9.72 Å². The molecule has 0 aliphatic carbocycles. The predicted octanol–water partition coefficient (Wildman–Crippen LogP) is 1.61. The number of carbonyl (C=O) groups is 1. The topological polar surface area (TPSA) is 70.2 Å². The highest BCUT2D eigenvalue weighted by Crippen LogP contribution is 2.17. The maximum atomic E-state index is 13.1. The Balaban J connectivity index is 1.73. The average molecular weight is 328 g/mol. The van der Waals surface area contributed by atoms with Crippen molar-refractivity contribution >= 4 is 22.9 Å². The van der Waals surface area contributed by atoms with Crippen LogP contribution in [0, 0.1) is 5.82 Å². The third-order valence-electron chi connectivity index (χ3n) is 3.60. The Labute approximate surface area is 129 Å². The fourth-order valence-corrected chi connectivity index (χ4v) is 2.52. The summed E-state index contributed by atoms with van der Waals surface area (Å²) in [5, 5.41) is 2.53. The van der Waals surface area contributed by atoms with E-state index in [1.54, 1.807) is 0 Å². The molecule has 1 atom stereocenters. The van der Waals surface area contributed by atoms with Gasteiger partial charge in [-0.1, -0.05) is 0 Å². The minimum atomic E-state index is -2.53. The Morgan fingerprint density at radius 3 is 3.13 bits per heavy atom. The third kappa shape index (κ3) is 3.62. The zero-order valence-electron chi connectivity index (χ0n) is 12.1. The van der Waals surface area contributed by atoms with Crippen molar-refractivity contribution in [2.24, 2.45) is 0 Å². The van der Waals surface area contributed by atoms with Gasteiger partial charge in [0.15, 0.2) is 0 Å². The van der Waals surface area contributed by atoms with Gasteiger partial charge in [-0.2, -0.15) is 0 Å². The smallest absolute Gasteiger partial charge is 0.251 e. The molecular formula is C14H15F3N4O2. The first-order valence-electron chi connectivity index (χ1n) is 7.09. The van der Waals surface area contributed by atoms with Gasteiger partial charge >= 0.3 is 0 Å². The van der Waals surface area contributed by atoms with Crippen molar-refractivity contribution in [2.45, 2.75) is 12.5 Å². The summed E-state index contributed by atoms with van der Waals surface area (Å²) < 4.78 is 43.5. The fraction of sp³-hybridized carbons (Fsp3) is 0.429. The van der Waals surface area contributed by atoms with E-state index in [1.165, 1.54) is 23.1 Å². The number of carbonyl (C=O) groups excluding carboxylic acids is 1. The number of aromatic nitrogens is 2. The van der Waals surface area contributed by atoms with Gasteiger partial charge in [-0.25, -0.2) is 18.2 Å². The van der Waals surface area contributed by atoms with E-state index in [0.717, 1.165) is 0 Å². The highest BCUT2D eigenvalue weighted by Gasteiger charge is 2.31. The molecule has 1 saturated heterocycles. The maximum absolute atomic E-state index is 13.1. The van der Waals surface area contributed by atoms with Crippen molar-refractivity contribution in [1.82, 2.24) is 14.9 Å². The number of benzene rings is 1. The van der Waals surface area contributed by atoms with Crippen LogP contribution in [0.5, 0.6) is 0 Å². The second-order valence-corrected chi connectivity index (χ2v) is 5.21. The second-order valence-electron chi connectivity index (χ2n) is 5.21. The van der Waals surface area contributed by atoms with Crippen LogP contribution in [0.2, 0.25) is 0 Å². The molecule has 1 aromatic heterocycles. The highest BCUT2D eigenvalue weighted by molar-refractivity contribution is 5.95. The molecule has 2 N–H and O–H groups in total. The first-order valence-corrected chi connectivity index (χ1v) is 7.09. The van der Waals surface area contributed by atoms with Crippen molar-refractivity contribution in [3.8, 4) is 0 Å². The lowest BCUT2D eigenvalue weighted by Gasteiger charge is -2.33. The number of anilines is 1. The van der Waals surface area contributed by atoms with E-state index in [2.05, 4.69) is 15.3 Å². The summed E-state index contributed by atoms with van der Waals surface area (Å²) in [7, 11) is 0. The highest BCUT2D eigenvalue weighted by atomic mass is 19.3. The van der Waals surface area contributed by atoms with E-state index in [9.17, 15) is 18.0 Å². The summed E-state index contributed by atoms with van der Waals surface area (Å²) in [5.74, 6) is -0.786. The van der Waals surface area contributed by atoms with Crippen LogP contribution >= 0.6 is 0 Å². The number of amides is 1. The molecule has 0 spiro atoms.